The van der Waals surface area contributed by atoms with Crippen LogP contribution in [0.15, 0.2) is 36.7 Å². The number of hydrogen-bond donors (Lipinski definition) is 2. The highest BCUT2D eigenvalue weighted by Crippen LogP contribution is 2.22. The number of benzene rings is 1. The van der Waals surface area contributed by atoms with Crippen molar-refractivity contribution in [3.63, 3.8) is 0 Å². The van der Waals surface area contributed by atoms with Gasteiger partial charge in [0.1, 0.15) is 0 Å². The summed E-state index contributed by atoms with van der Waals surface area (Å²) in [5, 5.41) is 6.05. The minimum atomic E-state index is -0.213. The predicted molar refractivity (Wildman–Crippen MR) is 105 cm³/mol. The van der Waals surface area contributed by atoms with E-state index in [4.69, 9.17) is 4.74 Å². The van der Waals surface area contributed by atoms with E-state index in [2.05, 4.69) is 37.6 Å². The fourth-order valence-electron chi connectivity index (χ4n) is 3.48. The summed E-state index contributed by atoms with van der Waals surface area (Å²) in [6.07, 6.45) is 7.96. The van der Waals surface area contributed by atoms with Crippen molar-refractivity contribution < 1.29 is 9.53 Å². The molecule has 0 spiro atoms. The van der Waals surface area contributed by atoms with Crippen LogP contribution >= 0.6 is 0 Å². The summed E-state index contributed by atoms with van der Waals surface area (Å²) in [6.45, 7) is 3.73. The van der Waals surface area contributed by atoms with E-state index in [1.807, 2.05) is 12.1 Å². The van der Waals surface area contributed by atoms with Gasteiger partial charge < -0.3 is 20.3 Å². The first kappa shape index (κ1) is 17.7. The molecule has 1 aromatic heterocycles. The fourth-order valence-corrected chi connectivity index (χ4v) is 3.48. The molecule has 1 aromatic carbocycles. The number of nitrogens with one attached hydrogen (secondary N) is 2. The van der Waals surface area contributed by atoms with Crippen molar-refractivity contribution in [1.82, 2.24) is 9.97 Å². The highest BCUT2D eigenvalue weighted by atomic mass is 16.5. The van der Waals surface area contributed by atoms with Crippen molar-refractivity contribution >= 4 is 23.2 Å². The van der Waals surface area contributed by atoms with Crippen LogP contribution in [0.3, 0.4) is 0 Å². The van der Waals surface area contributed by atoms with E-state index >= 15 is 0 Å². The Balaban J connectivity index is 1.30. The third-order valence-electron chi connectivity index (χ3n) is 5.02. The zero-order chi connectivity index (χ0) is 18.5. The molecule has 2 aliphatic heterocycles. The van der Waals surface area contributed by atoms with Crippen molar-refractivity contribution in [2.45, 2.75) is 31.8 Å². The molecule has 1 amide bonds. The third-order valence-corrected chi connectivity index (χ3v) is 5.02. The third kappa shape index (κ3) is 4.54. The van der Waals surface area contributed by atoms with Crippen molar-refractivity contribution in [3.05, 3.63) is 42.2 Å². The van der Waals surface area contributed by atoms with Gasteiger partial charge in [-0.2, -0.15) is 0 Å². The molecular formula is C20H25N5O2. The summed E-state index contributed by atoms with van der Waals surface area (Å²) >= 11 is 0. The molecule has 2 fully saturated rings. The van der Waals surface area contributed by atoms with Crippen molar-refractivity contribution in [2.75, 3.05) is 41.8 Å². The Morgan fingerprint density at radius 2 is 1.85 bits per heavy atom. The molecule has 2 aliphatic rings. The van der Waals surface area contributed by atoms with Gasteiger partial charge in [-0.1, -0.05) is 0 Å². The first-order valence-corrected chi connectivity index (χ1v) is 9.62. The van der Waals surface area contributed by atoms with Crippen LogP contribution in [0.5, 0.6) is 0 Å². The maximum Gasteiger partial charge on any atom is 0.258 e. The molecule has 7 nitrogen and oxygen atoms in total. The Morgan fingerprint density at radius 1 is 1.11 bits per heavy atom. The topological polar surface area (TPSA) is 79.4 Å². The van der Waals surface area contributed by atoms with Crippen LogP contribution in [0.2, 0.25) is 0 Å². The smallest absolute Gasteiger partial charge is 0.258 e. The van der Waals surface area contributed by atoms with Crippen LogP contribution in [-0.2, 0) is 4.74 Å². The SMILES string of the molecule is O=C(Nc1ccc(N2CCCC2)cc1)c1cnc(NCC2CCCO2)nc1. The van der Waals surface area contributed by atoms with Crippen LogP contribution < -0.4 is 15.5 Å². The number of anilines is 3. The number of rotatable bonds is 6. The lowest BCUT2D eigenvalue weighted by atomic mass is 10.2. The van der Waals surface area contributed by atoms with E-state index in [1.54, 1.807) is 12.4 Å². The van der Waals surface area contributed by atoms with E-state index in [-0.39, 0.29) is 12.0 Å². The lowest BCUT2D eigenvalue weighted by Gasteiger charge is -2.17. The monoisotopic (exact) mass is 367 g/mol. The number of aromatic nitrogens is 2. The van der Waals surface area contributed by atoms with Crippen LogP contribution in [0.1, 0.15) is 36.0 Å². The minimum absolute atomic E-state index is 0.213. The molecule has 142 valence electrons. The Kier molecular flexibility index (Phi) is 5.48. The van der Waals surface area contributed by atoms with Crippen molar-refractivity contribution in [3.8, 4) is 0 Å². The van der Waals surface area contributed by atoms with Gasteiger partial charge in [-0.3, -0.25) is 4.79 Å². The summed E-state index contributed by atoms with van der Waals surface area (Å²) in [5.74, 6) is 0.298. The maximum atomic E-state index is 12.4. The largest absolute Gasteiger partial charge is 0.376 e. The van der Waals surface area contributed by atoms with E-state index in [0.717, 1.165) is 38.2 Å². The molecule has 4 rings (SSSR count). The van der Waals surface area contributed by atoms with Gasteiger partial charge in [0.05, 0.1) is 11.7 Å². The number of carbonyl (C=O) groups is 1. The number of hydrogen-bond acceptors (Lipinski definition) is 6. The quantitative estimate of drug-likeness (QED) is 0.817. The zero-order valence-electron chi connectivity index (χ0n) is 15.4. The van der Waals surface area contributed by atoms with Crippen molar-refractivity contribution in [1.29, 1.82) is 0 Å². The highest BCUT2D eigenvalue weighted by molar-refractivity contribution is 6.03. The number of carbonyl (C=O) groups excluding carboxylic acids is 1. The summed E-state index contributed by atoms with van der Waals surface area (Å²) in [5.41, 5.74) is 2.40. The maximum absolute atomic E-state index is 12.4. The summed E-state index contributed by atoms with van der Waals surface area (Å²) in [4.78, 5) is 23.2. The first-order valence-electron chi connectivity index (χ1n) is 9.62. The molecule has 1 atom stereocenters. The molecule has 1 unspecified atom stereocenters. The minimum Gasteiger partial charge on any atom is -0.376 e. The summed E-state index contributed by atoms with van der Waals surface area (Å²) < 4.78 is 5.56. The van der Waals surface area contributed by atoms with Gasteiger partial charge in [0.15, 0.2) is 0 Å². The normalized spacial score (nSPS) is 19.3. The number of nitrogens with zero attached hydrogens (tertiary/aromatic N) is 3. The van der Waals surface area contributed by atoms with Gasteiger partial charge in [0, 0.05) is 50.0 Å². The Bertz CT molecular complexity index is 751. The van der Waals surface area contributed by atoms with E-state index < -0.39 is 0 Å². The second-order valence-electron chi connectivity index (χ2n) is 7.01. The van der Waals surface area contributed by atoms with Crippen LogP contribution in [-0.4, -0.2) is 48.2 Å². The van der Waals surface area contributed by atoms with Crippen LogP contribution in [0.4, 0.5) is 17.3 Å². The van der Waals surface area contributed by atoms with Gasteiger partial charge in [-0.05, 0) is 49.9 Å². The van der Waals surface area contributed by atoms with Gasteiger partial charge in [0.2, 0.25) is 5.95 Å². The average molecular weight is 367 g/mol. The Labute approximate surface area is 159 Å². The molecule has 3 heterocycles. The molecule has 2 N–H and O–H groups in total. The Morgan fingerprint density at radius 3 is 2.52 bits per heavy atom. The van der Waals surface area contributed by atoms with Crippen molar-refractivity contribution in [2.24, 2.45) is 0 Å². The van der Waals surface area contributed by atoms with E-state index in [9.17, 15) is 4.79 Å². The van der Waals surface area contributed by atoms with Gasteiger partial charge in [-0.15, -0.1) is 0 Å². The molecule has 7 heteroatoms. The predicted octanol–water partition coefficient (Wildman–Crippen LogP) is 2.92. The zero-order valence-corrected chi connectivity index (χ0v) is 15.4. The average Bonchev–Trinajstić information content (AvgIpc) is 3.41. The van der Waals surface area contributed by atoms with Gasteiger partial charge in [-0.25, -0.2) is 9.97 Å². The second-order valence-corrected chi connectivity index (χ2v) is 7.01. The van der Waals surface area contributed by atoms with E-state index in [1.165, 1.54) is 18.5 Å². The summed E-state index contributed by atoms with van der Waals surface area (Å²) in [6, 6.07) is 7.97. The number of ether oxygens (including phenoxy) is 1. The van der Waals surface area contributed by atoms with Crippen LogP contribution in [0, 0.1) is 0 Å². The van der Waals surface area contributed by atoms with Gasteiger partial charge in [0.25, 0.3) is 5.91 Å². The molecule has 0 saturated carbocycles. The lowest BCUT2D eigenvalue weighted by molar-refractivity contribution is 0.102. The van der Waals surface area contributed by atoms with Crippen LogP contribution in [0.25, 0.3) is 0 Å². The van der Waals surface area contributed by atoms with E-state index in [0.29, 0.717) is 18.1 Å². The van der Waals surface area contributed by atoms with Gasteiger partial charge >= 0.3 is 0 Å². The molecule has 2 saturated heterocycles. The molecule has 2 aromatic rings. The fraction of sp³-hybridized carbons (Fsp3) is 0.450. The molecule has 0 radical (unpaired) electrons. The summed E-state index contributed by atoms with van der Waals surface area (Å²) in [7, 11) is 0. The standard InChI is InChI=1S/C20H25N5O2/c26-19(24-16-5-7-17(8-6-16)25-9-1-2-10-25)15-12-21-20(22-13-15)23-14-18-4-3-11-27-18/h5-8,12-13,18H,1-4,9-11,14H2,(H,24,26)(H,21,22,23). The second kappa shape index (κ2) is 8.35. The Hall–Kier alpha value is -2.67. The molecule has 0 aliphatic carbocycles. The molecule has 0 bridgehead atoms. The number of amides is 1. The first-order chi connectivity index (χ1) is 13.3. The lowest BCUT2D eigenvalue weighted by Crippen LogP contribution is -2.20. The molecular weight excluding hydrogens is 342 g/mol. The molecule has 27 heavy (non-hydrogen) atoms. The highest BCUT2D eigenvalue weighted by Gasteiger charge is 2.16.